The van der Waals surface area contributed by atoms with Crippen molar-refractivity contribution < 1.29 is 9.90 Å². The largest absolute Gasteiger partial charge is 0.424 e. The zero-order valence-corrected chi connectivity index (χ0v) is 20.8. The lowest BCUT2D eigenvalue weighted by Crippen LogP contribution is -2.65. The Balaban J connectivity index is 1.71. The summed E-state index contributed by atoms with van der Waals surface area (Å²) in [7, 11) is -2.95. The molecule has 0 atom stereocenters. The Labute approximate surface area is 198 Å². The fraction of sp³-hybridized carbons (Fsp3) is 0.286. The fourth-order valence-electron chi connectivity index (χ4n) is 4.45. The molecule has 3 aromatic rings. The molecule has 0 aliphatic rings. The molecule has 0 aliphatic heterocycles. The highest BCUT2D eigenvalue weighted by Crippen LogP contribution is 2.40. The van der Waals surface area contributed by atoms with Crippen LogP contribution in [0.1, 0.15) is 50.7 Å². The van der Waals surface area contributed by atoms with E-state index in [4.69, 9.17) is 11.6 Å². The van der Waals surface area contributed by atoms with E-state index in [1.54, 1.807) is 0 Å². The maximum Gasteiger partial charge on any atom is 0.258 e. The average molecular weight is 465 g/mol. The van der Waals surface area contributed by atoms with Crippen molar-refractivity contribution in [3.05, 3.63) is 102 Å². The molecule has 168 valence electrons. The van der Waals surface area contributed by atoms with Crippen molar-refractivity contribution >= 4 is 35.9 Å². The van der Waals surface area contributed by atoms with Crippen molar-refractivity contribution in [2.24, 2.45) is 0 Å². The van der Waals surface area contributed by atoms with Gasteiger partial charge >= 0.3 is 0 Å². The Morgan fingerprint density at radius 3 is 2.00 bits per heavy atom. The fourth-order valence-corrected chi connectivity index (χ4v) is 8.42. The minimum Gasteiger partial charge on any atom is -0.424 e. The molecule has 0 bridgehead atoms. The second-order valence-electron chi connectivity index (χ2n) is 9.10. The number of hydrogen-bond acceptors (Lipinski definition) is 2. The molecule has 4 heteroatoms. The first kappa shape index (κ1) is 24.5. The van der Waals surface area contributed by atoms with E-state index in [1.165, 1.54) is 0 Å². The average Bonchev–Trinajstić information content (AvgIpc) is 2.82. The number of rotatable bonds is 10. The minimum absolute atomic E-state index is 0.0731. The van der Waals surface area contributed by atoms with Crippen LogP contribution in [0.2, 0.25) is 10.1 Å². The second kappa shape index (κ2) is 10.6. The first-order valence-corrected chi connectivity index (χ1v) is 13.5. The third-order valence-corrected chi connectivity index (χ3v) is 11.4. The third-order valence-electron chi connectivity index (χ3n) is 6.52. The van der Waals surface area contributed by atoms with Crippen molar-refractivity contribution in [3.8, 4) is 0 Å². The van der Waals surface area contributed by atoms with Gasteiger partial charge in [-0.05, 0) is 63.5 Å². The molecule has 0 unspecified atom stereocenters. The van der Waals surface area contributed by atoms with Gasteiger partial charge in [-0.15, -0.1) is 0 Å². The molecule has 0 aliphatic carbocycles. The molecule has 0 spiro atoms. The molecule has 0 saturated heterocycles. The molecule has 0 saturated carbocycles. The highest BCUT2D eigenvalue weighted by molar-refractivity contribution is 6.98. The molecular weight excluding hydrogens is 432 g/mol. The summed E-state index contributed by atoms with van der Waals surface area (Å²) in [4.78, 5) is 12.2. The summed E-state index contributed by atoms with van der Waals surface area (Å²) in [6.45, 7) is 8.59. The van der Waals surface area contributed by atoms with Crippen molar-refractivity contribution in [2.75, 3.05) is 0 Å². The van der Waals surface area contributed by atoms with Crippen LogP contribution < -0.4 is 10.4 Å². The van der Waals surface area contributed by atoms with Gasteiger partial charge < -0.3 is 9.90 Å². The number of benzene rings is 3. The van der Waals surface area contributed by atoms with E-state index in [-0.39, 0.29) is 11.6 Å². The SMILES string of the molecule is C=C(CCCCC(C)(C)[Si](O)(c1ccccc1)c1ccccc1)c1ccc(Cl)c(CO)c1. The van der Waals surface area contributed by atoms with Gasteiger partial charge in [0.15, 0.2) is 0 Å². The van der Waals surface area contributed by atoms with Gasteiger partial charge in [0.05, 0.1) is 6.61 Å². The molecule has 3 rings (SSSR count). The van der Waals surface area contributed by atoms with Crippen molar-refractivity contribution in [2.45, 2.75) is 51.2 Å². The maximum absolute atomic E-state index is 12.2. The van der Waals surface area contributed by atoms with Gasteiger partial charge in [-0.2, -0.15) is 0 Å². The summed E-state index contributed by atoms with van der Waals surface area (Å²) in [5, 5.41) is 11.9. The van der Waals surface area contributed by atoms with Gasteiger partial charge in [-0.25, -0.2) is 0 Å². The molecule has 0 aromatic heterocycles. The summed E-state index contributed by atoms with van der Waals surface area (Å²) in [6.07, 6.45) is 3.80. The van der Waals surface area contributed by atoms with Crippen molar-refractivity contribution in [1.82, 2.24) is 0 Å². The van der Waals surface area contributed by atoms with Crippen molar-refractivity contribution in [3.63, 3.8) is 0 Å². The monoisotopic (exact) mass is 464 g/mol. The predicted octanol–water partition coefficient (Wildman–Crippen LogP) is 5.94. The van der Waals surface area contributed by atoms with E-state index in [1.807, 2.05) is 54.6 Å². The zero-order valence-electron chi connectivity index (χ0n) is 19.0. The molecule has 32 heavy (non-hydrogen) atoms. The Hall–Kier alpha value is -2.17. The molecule has 0 heterocycles. The van der Waals surface area contributed by atoms with Crippen molar-refractivity contribution in [1.29, 1.82) is 0 Å². The summed E-state index contributed by atoms with van der Waals surface area (Å²) in [5.74, 6) is 0. The molecular formula is C28H33ClO2Si. The van der Waals surface area contributed by atoms with Crippen LogP contribution in [0.5, 0.6) is 0 Å². The first-order valence-electron chi connectivity index (χ1n) is 11.2. The molecule has 2 nitrogen and oxygen atoms in total. The van der Waals surface area contributed by atoms with Crippen LogP contribution in [0.25, 0.3) is 5.57 Å². The summed E-state index contributed by atoms with van der Waals surface area (Å²) in [5.41, 5.74) is 2.80. The Morgan fingerprint density at radius 2 is 1.47 bits per heavy atom. The van der Waals surface area contributed by atoms with E-state index >= 15 is 0 Å². The number of hydrogen-bond donors (Lipinski definition) is 2. The van der Waals surface area contributed by atoms with E-state index < -0.39 is 8.32 Å². The lowest BCUT2D eigenvalue weighted by molar-refractivity contribution is 0.282. The lowest BCUT2D eigenvalue weighted by Gasteiger charge is -2.41. The van der Waals surface area contributed by atoms with E-state index in [2.05, 4.69) is 44.7 Å². The van der Waals surface area contributed by atoms with Gasteiger partial charge in [-0.3, -0.25) is 0 Å². The molecule has 2 N–H and O–H groups in total. The van der Waals surface area contributed by atoms with Crippen LogP contribution in [-0.4, -0.2) is 18.2 Å². The van der Waals surface area contributed by atoms with Crippen LogP contribution in [-0.2, 0) is 6.61 Å². The number of unbranched alkanes of at least 4 members (excludes halogenated alkanes) is 1. The van der Waals surface area contributed by atoms with Gasteiger partial charge in [0.25, 0.3) is 8.32 Å². The van der Waals surface area contributed by atoms with E-state index in [9.17, 15) is 9.90 Å². The smallest absolute Gasteiger partial charge is 0.258 e. The quantitative estimate of drug-likeness (QED) is 0.288. The molecule has 0 radical (unpaired) electrons. The minimum atomic E-state index is -2.95. The highest BCUT2D eigenvalue weighted by Gasteiger charge is 2.49. The first-order chi connectivity index (χ1) is 15.3. The normalized spacial score (nSPS) is 12.0. The van der Waals surface area contributed by atoms with Gasteiger partial charge in [-0.1, -0.05) is 105 Å². The number of halogens is 1. The molecule has 0 amide bonds. The zero-order chi connectivity index (χ0) is 23.2. The van der Waals surface area contributed by atoms with E-state index in [0.717, 1.165) is 52.8 Å². The van der Waals surface area contributed by atoms with Crippen LogP contribution in [0, 0.1) is 0 Å². The summed E-state index contributed by atoms with van der Waals surface area (Å²) < 4.78 is 0. The number of aliphatic hydroxyl groups excluding tert-OH is 1. The predicted molar refractivity (Wildman–Crippen MR) is 139 cm³/mol. The van der Waals surface area contributed by atoms with Gasteiger partial charge in [0.2, 0.25) is 0 Å². The Kier molecular flexibility index (Phi) is 8.13. The Bertz CT molecular complexity index is 992. The number of allylic oxidation sites excluding steroid dienone is 1. The highest BCUT2D eigenvalue weighted by atomic mass is 35.5. The number of aliphatic hydroxyl groups is 1. The van der Waals surface area contributed by atoms with E-state index in [0.29, 0.717) is 5.02 Å². The summed E-state index contributed by atoms with van der Waals surface area (Å²) >= 11 is 6.11. The second-order valence-corrected chi connectivity index (χ2v) is 13.4. The standard InChI is InChI=1S/C28H33ClO2Si/c1-22(23-17-18-27(29)24(20-23)21-30)12-10-11-19-28(2,3)32(31,25-13-6-4-7-14-25)26-15-8-5-9-16-26/h4-9,13-18,20,30-31H,1,10-12,19,21H2,2-3H3. The molecule has 0 fully saturated rings. The maximum atomic E-state index is 12.2. The summed E-state index contributed by atoms with van der Waals surface area (Å²) in [6, 6.07) is 26.1. The van der Waals surface area contributed by atoms with Crippen LogP contribution in [0.15, 0.2) is 85.4 Å². The van der Waals surface area contributed by atoms with Crippen LogP contribution in [0.4, 0.5) is 0 Å². The van der Waals surface area contributed by atoms with Crippen LogP contribution in [0.3, 0.4) is 0 Å². The molecule has 3 aromatic carbocycles. The van der Waals surface area contributed by atoms with Gasteiger partial charge in [0, 0.05) is 5.02 Å². The third kappa shape index (κ3) is 5.24. The van der Waals surface area contributed by atoms with Crippen LogP contribution >= 0.6 is 11.6 Å². The Morgan fingerprint density at radius 1 is 0.906 bits per heavy atom. The lowest BCUT2D eigenvalue weighted by atomic mass is 9.97. The van der Waals surface area contributed by atoms with Gasteiger partial charge in [0.1, 0.15) is 0 Å². The topological polar surface area (TPSA) is 40.5 Å².